The number of likely N-dealkylation sites (tertiary alicyclic amines) is 1. The molecule has 0 atom stereocenters. The molecule has 49 heavy (non-hydrogen) atoms. The van der Waals surface area contributed by atoms with Crippen LogP contribution >= 0.6 is 0 Å². The molecule has 0 radical (unpaired) electrons. The third kappa shape index (κ3) is 8.90. The van der Waals surface area contributed by atoms with Crippen LogP contribution in [0.15, 0.2) is 46.5 Å². The highest BCUT2D eigenvalue weighted by atomic mass is 16.5. The Balaban J connectivity index is 1.36. The highest BCUT2D eigenvalue weighted by molar-refractivity contribution is 6.10. The number of rotatable bonds is 11. The summed E-state index contributed by atoms with van der Waals surface area (Å²) in [6.07, 6.45) is 8.29. The second kappa shape index (κ2) is 16.8. The molecule has 0 aliphatic carbocycles. The molecule has 0 unspecified atom stereocenters. The van der Waals surface area contributed by atoms with Crippen LogP contribution in [0.25, 0.3) is 5.57 Å². The summed E-state index contributed by atoms with van der Waals surface area (Å²) in [5.74, 6) is 0.731. The number of hydrogen-bond acceptors (Lipinski definition) is 8. The predicted octanol–water partition coefficient (Wildman–Crippen LogP) is 4.89. The fourth-order valence-electron chi connectivity index (χ4n) is 7.64. The Labute approximate surface area is 292 Å². The number of amides is 1. The molecule has 0 bridgehead atoms. The van der Waals surface area contributed by atoms with Gasteiger partial charge in [0.15, 0.2) is 0 Å². The molecule has 0 spiro atoms. The first-order valence-electron chi connectivity index (χ1n) is 18.1. The molecule has 3 aliphatic rings. The minimum Gasteiger partial charge on any atom is -0.381 e. The molecule has 4 heterocycles. The molecule has 3 saturated heterocycles. The molecule has 2 aromatic rings. The first-order chi connectivity index (χ1) is 23.6. The predicted molar refractivity (Wildman–Crippen MR) is 201 cm³/mol. The second-order valence-corrected chi connectivity index (χ2v) is 13.9. The van der Waals surface area contributed by atoms with E-state index in [4.69, 9.17) is 9.73 Å². The number of piperazine rings is 1. The van der Waals surface area contributed by atoms with Crippen molar-refractivity contribution in [3.63, 3.8) is 0 Å². The van der Waals surface area contributed by atoms with Gasteiger partial charge < -0.3 is 29.7 Å². The average molecular weight is 672 g/mol. The molecule has 3 fully saturated rings. The summed E-state index contributed by atoms with van der Waals surface area (Å²) in [7, 11) is 2.22. The van der Waals surface area contributed by atoms with Crippen LogP contribution in [-0.4, -0.2) is 110 Å². The Morgan fingerprint density at radius 1 is 1.06 bits per heavy atom. The lowest BCUT2D eigenvalue weighted by Gasteiger charge is -2.42. The Kier molecular flexibility index (Phi) is 12.5. The maximum Gasteiger partial charge on any atom is 0.253 e. The summed E-state index contributed by atoms with van der Waals surface area (Å²) < 4.78 is 5.68. The maximum absolute atomic E-state index is 13.9. The lowest BCUT2D eigenvalue weighted by atomic mass is 9.95. The molecule has 5 rings (SSSR count). The van der Waals surface area contributed by atoms with Crippen molar-refractivity contribution in [2.45, 2.75) is 78.9 Å². The number of nitrogens with one attached hydrogen (secondary N) is 2. The average Bonchev–Trinajstić information content (AvgIpc) is 3.10. The van der Waals surface area contributed by atoms with Crippen molar-refractivity contribution < 1.29 is 9.53 Å². The van der Waals surface area contributed by atoms with Gasteiger partial charge in [-0.05, 0) is 127 Å². The number of piperidine rings is 1. The number of carbonyl (C=O) groups is 1. The van der Waals surface area contributed by atoms with Gasteiger partial charge in [-0.2, -0.15) is 0 Å². The van der Waals surface area contributed by atoms with Crippen LogP contribution in [0.3, 0.4) is 0 Å². The van der Waals surface area contributed by atoms with Gasteiger partial charge in [-0.3, -0.25) is 14.5 Å². The number of ether oxygens (including phenoxy) is 1. The summed E-state index contributed by atoms with van der Waals surface area (Å²) in [5.41, 5.74) is 6.15. The summed E-state index contributed by atoms with van der Waals surface area (Å²) in [6, 6.07) is 7.01. The van der Waals surface area contributed by atoms with Crippen LogP contribution in [0.1, 0.15) is 77.8 Å². The number of H-pyrrole nitrogens is 1. The minimum absolute atomic E-state index is 0.148. The highest BCUT2D eigenvalue weighted by Gasteiger charge is 2.28. The number of aromatic nitrogens is 1. The Bertz CT molecular complexity index is 1590. The van der Waals surface area contributed by atoms with Gasteiger partial charge in [-0.25, -0.2) is 4.99 Å². The molecule has 3 aliphatic heterocycles. The highest BCUT2D eigenvalue weighted by Crippen LogP contribution is 2.32. The van der Waals surface area contributed by atoms with E-state index in [2.05, 4.69) is 62.6 Å². The molecule has 266 valence electrons. The van der Waals surface area contributed by atoms with E-state index in [0.29, 0.717) is 23.2 Å². The van der Waals surface area contributed by atoms with E-state index in [1.807, 2.05) is 46.0 Å². The van der Waals surface area contributed by atoms with Crippen molar-refractivity contribution in [1.82, 2.24) is 25.0 Å². The first-order valence-corrected chi connectivity index (χ1v) is 18.1. The summed E-state index contributed by atoms with van der Waals surface area (Å²) >= 11 is 0. The van der Waals surface area contributed by atoms with Gasteiger partial charge in [0, 0.05) is 93.3 Å². The number of benzene rings is 1. The van der Waals surface area contributed by atoms with Crippen LogP contribution in [-0.2, 0) is 11.3 Å². The fraction of sp³-hybridized carbons (Fsp3) is 0.564. The van der Waals surface area contributed by atoms with E-state index in [9.17, 15) is 9.59 Å². The number of aliphatic imine (C=N–C) groups is 1. The van der Waals surface area contributed by atoms with Crippen molar-refractivity contribution in [2.24, 2.45) is 4.99 Å². The lowest BCUT2D eigenvalue weighted by molar-refractivity contribution is 0.0762. The normalized spacial score (nSPS) is 19.1. The van der Waals surface area contributed by atoms with Crippen LogP contribution in [0.2, 0.25) is 0 Å². The van der Waals surface area contributed by atoms with Gasteiger partial charge >= 0.3 is 0 Å². The first kappa shape index (κ1) is 36.5. The van der Waals surface area contributed by atoms with Gasteiger partial charge in [0.1, 0.15) is 5.82 Å². The standard InChI is InChI=1S/C39H57N7O3/c1-8-37(45-18-16-44(17-19-45)32-10-14-43(7)15-11-32)40-25-28(4)31-23-34(38(47)41-26-35-27(3)22-29(5)42-39(35)48)30(6)36(24-31)46(9-2)33-12-20-49-21-13-33/h8,22-25,32-33H,4,9-21,26H2,1-3,5-7H3,(H,41,47)(H,42,48)/b37-8+,40-25?. The minimum atomic E-state index is -0.218. The van der Waals surface area contributed by atoms with E-state index in [-0.39, 0.29) is 18.0 Å². The Morgan fingerprint density at radius 2 is 1.76 bits per heavy atom. The van der Waals surface area contributed by atoms with Gasteiger partial charge in [-0.1, -0.05) is 6.58 Å². The Hall–Kier alpha value is -3.73. The number of pyridine rings is 1. The summed E-state index contributed by atoms with van der Waals surface area (Å²) in [4.78, 5) is 44.2. The van der Waals surface area contributed by atoms with Crippen molar-refractivity contribution in [1.29, 1.82) is 0 Å². The number of nitrogens with zero attached hydrogens (tertiary/aromatic N) is 5. The number of anilines is 1. The van der Waals surface area contributed by atoms with E-state index < -0.39 is 0 Å². The quantitative estimate of drug-likeness (QED) is 0.329. The van der Waals surface area contributed by atoms with Crippen molar-refractivity contribution in [3.8, 4) is 0 Å². The van der Waals surface area contributed by atoms with Gasteiger partial charge in [0.25, 0.3) is 11.5 Å². The summed E-state index contributed by atoms with van der Waals surface area (Å²) in [6.45, 7) is 23.2. The monoisotopic (exact) mass is 671 g/mol. The smallest absolute Gasteiger partial charge is 0.253 e. The number of allylic oxidation sites excluding steroid dienone is 2. The number of aromatic amines is 1. The van der Waals surface area contributed by atoms with Gasteiger partial charge in [0.2, 0.25) is 0 Å². The molecular formula is C39H57N7O3. The zero-order chi connectivity index (χ0) is 35.1. The number of hydrogen-bond donors (Lipinski definition) is 2. The van der Waals surface area contributed by atoms with E-state index in [1.165, 1.54) is 25.9 Å². The van der Waals surface area contributed by atoms with E-state index in [1.54, 1.807) is 0 Å². The van der Waals surface area contributed by atoms with Gasteiger partial charge in [0.05, 0.1) is 0 Å². The van der Waals surface area contributed by atoms with E-state index >= 15 is 0 Å². The Morgan fingerprint density at radius 3 is 2.39 bits per heavy atom. The second-order valence-electron chi connectivity index (χ2n) is 13.9. The zero-order valence-electron chi connectivity index (χ0n) is 30.6. The molecular weight excluding hydrogens is 614 g/mol. The SMILES string of the molecule is C=C(C=N/C(=C\C)N1CCN(C2CCN(C)CC2)CC1)c1cc(C(=O)NCc2c(C)cc(C)[nH]c2=O)c(C)c(N(CC)C2CCOCC2)c1. The van der Waals surface area contributed by atoms with Crippen LogP contribution < -0.4 is 15.8 Å². The fourth-order valence-corrected chi connectivity index (χ4v) is 7.64. The molecule has 10 nitrogen and oxygen atoms in total. The molecule has 0 saturated carbocycles. The molecule has 1 amide bonds. The largest absolute Gasteiger partial charge is 0.381 e. The van der Waals surface area contributed by atoms with Crippen LogP contribution in [0.5, 0.6) is 0 Å². The number of aryl methyl sites for hydroxylation is 2. The molecule has 2 N–H and O–H groups in total. The van der Waals surface area contributed by atoms with Crippen molar-refractivity contribution in [3.05, 3.63) is 80.5 Å². The third-order valence-corrected chi connectivity index (χ3v) is 10.7. The zero-order valence-corrected chi connectivity index (χ0v) is 30.6. The summed E-state index contributed by atoms with van der Waals surface area (Å²) in [5, 5.41) is 3.04. The van der Waals surface area contributed by atoms with Crippen LogP contribution in [0.4, 0.5) is 5.69 Å². The molecule has 1 aromatic heterocycles. The van der Waals surface area contributed by atoms with Crippen molar-refractivity contribution in [2.75, 3.05) is 71.0 Å². The van der Waals surface area contributed by atoms with Gasteiger partial charge in [-0.15, -0.1) is 0 Å². The third-order valence-electron chi connectivity index (χ3n) is 10.7. The van der Waals surface area contributed by atoms with Crippen molar-refractivity contribution >= 4 is 23.4 Å². The lowest BCUT2D eigenvalue weighted by Crippen LogP contribution is -2.52. The molecule has 1 aromatic carbocycles. The number of carbonyl (C=O) groups excluding carboxylic acids is 1. The maximum atomic E-state index is 13.9. The van der Waals surface area contributed by atoms with Crippen LogP contribution in [0, 0.1) is 20.8 Å². The van der Waals surface area contributed by atoms with E-state index in [0.717, 1.165) is 98.2 Å². The topological polar surface area (TPSA) is 96.5 Å². The molecule has 10 heteroatoms.